The zero-order valence-electron chi connectivity index (χ0n) is 11.8. The molecule has 1 aromatic carbocycles. The van der Waals surface area contributed by atoms with Gasteiger partial charge in [0.1, 0.15) is 0 Å². The number of nitrogens with zero attached hydrogens (tertiary/aromatic N) is 1. The average Bonchev–Trinajstić information content (AvgIpc) is 2.37. The third kappa shape index (κ3) is 4.85. The van der Waals surface area contributed by atoms with Crippen molar-refractivity contribution in [3.8, 4) is 0 Å². The van der Waals surface area contributed by atoms with Crippen LogP contribution in [0.1, 0.15) is 30.9 Å². The maximum Gasteiger partial charge on any atom is 0.217 e. The van der Waals surface area contributed by atoms with E-state index >= 15 is 0 Å². The molecule has 1 aliphatic heterocycles. The third-order valence-electron chi connectivity index (χ3n) is 3.85. The summed E-state index contributed by atoms with van der Waals surface area (Å²) in [5.74, 6) is 0.0206. The van der Waals surface area contributed by atoms with Gasteiger partial charge < -0.3 is 15.7 Å². The summed E-state index contributed by atoms with van der Waals surface area (Å²) in [6.45, 7) is 2.19. The number of hydrogen-bond acceptors (Lipinski definition) is 3. The number of piperidine rings is 1. The van der Waals surface area contributed by atoms with E-state index in [0.29, 0.717) is 28.6 Å². The number of aliphatic hydroxyl groups excluding tert-OH is 1. The summed E-state index contributed by atoms with van der Waals surface area (Å²) in [5.41, 5.74) is 5.94. The van der Waals surface area contributed by atoms with E-state index in [1.54, 1.807) is 18.2 Å². The van der Waals surface area contributed by atoms with Crippen LogP contribution in [0.15, 0.2) is 18.2 Å². The zero-order chi connectivity index (χ0) is 15.4. The standard InChI is InChI=1S/C15H20Cl2N2O2/c16-11-3-4-12(13(17)7-11)14(20)9-19-5-1-2-10(8-19)6-15(18)21/h3-4,7,10,14,20H,1-2,5-6,8-9H2,(H2,18,21). The van der Waals surface area contributed by atoms with E-state index in [9.17, 15) is 9.90 Å². The van der Waals surface area contributed by atoms with Crippen LogP contribution < -0.4 is 5.73 Å². The molecule has 21 heavy (non-hydrogen) atoms. The minimum atomic E-state index is -0.665. The average molecular weight is 331 g/mol. The fraction of sp³-hybridized carbons (Fsp3) is 0.533. The van der Waals surface area contributed by atoms with E-state index < -0.39 is 6.10 Å². The minimum absolute atomic E-state index is 0.261. The first-order valence-electron chi connectivity index (χ1n) is 7.09. The van der Waals surface area contributed by atoms with Crippen molar-refractivity contribution in [1.82, 2.24) is 4.90 Å². The lowest BCUT2D eigenvalue weighted by Crippen LogP contribution is -2.39. The van der Waals surface area contributed by atoms with Gasteiger partial charge in [0, 0.05) is 35.1 Å². The molecule has 0 bridgehead atoms. The van der Waals surface area contributed by atoms with Crippen LogP contribution in [-0.4, -0.2) is 35.5 Å². The lowest BCUT2D eigenvalue weighted by atomic mass is 9.94. The van der Waals surface area contributed by atoms with Crippen molar-refractivity contribution in [2.75, 3.05) is 19.6 Å². The molecule has 0 radical (unpaired) electrons. The Hall–Kier alpha value is -0.810. The summed E-state index contributed by atoms with van der Waals surface area (Å²) in [5, 5.41) is 11.4. The SMILES string of the molecule is NC(=O)CC1CCCN(CC(O)c2ccc(Cl)cc2Cl)C1. The van der Waals surface area contributed by atoms with E-state index in [2.05, 4.69) is 4.90 Å². The maximum absolute atomic E-state index is 11.0. The molecule has 0 spiro atoms. The molecule has 1 heterocycles. The zero-order valence-corrected chi connectivity index (χ0v) is 13.3. The van der Waals surface area contributed by atoms with E-state index in [1.165, 1.54) is 0 Å². The van der Waals surface area contributed by atoms with Gasteiger partial charge in [0.2, 0.25) is 5.91 Å². The van der Waals surface area contributed by atoms with Crippen molar-refractivity contribution < 1.29 is 9.90 Å². The number of carbonyl (C=O) groups is 1. The first kappa shape index (κ1) is 16.6. The van der Waals surface area contributed by atoms with Crippen molar-refractivity contribution in [3.63, 3.8) is 0 Å². The van der Waals surface area contributed by atoms with Crippen LogP contribution >= 0.6 is 23.2 Å². The molecule has 1 aliphatic rings. The van der Waals surface area contributed by atoms with E-state index in [1.807, 2.05) is 0 Å². The van der Waals surface area contributed by atoms with E-state index in [0.717, 1.165) is 25.9 Å². The fourth-order valence-electron chi connectivity index (χ4n) is 2.88. The van der Waals surface area contributed by atoms with Crippen LogP contribution in [0.25, 0.3) is 0 Å². The molecule has 0 saturated carbocycles. The summed E-state index contributed by atoms with van der Waals surface area (Å²) in [4.78, 5) is 13.2. The number of benzene rings is 1. The second-order valence-corrected chi connectivity index (χ2v) is 6.46. The highest BCUT2D eigenvalue weighted by atomic mass is 35.5. The van der Waals surface area contributed by atoms with Gasteiger partial charge >= 0.3 is 0 Å². The maximum atomic E-state index is 11.0. The van der Waals surface area contributed by atoms with Gasteiger partial charge in [-0.1, -0.05) is 29.3 Å². The predicted molar refractivity (Wildman–Crippen MR) is 84.4 cm³/mol. The Bertz CT molecular complexity index is 510. The summed E-state index contributed by atoms with van der Waals surface area (Å²) in [7, 11) is 0. The van der Waals surface area contributed by atoms with Crippen LogP contribution in [0.5, 0.6) is 0 Å². The molecule has 1 fully saturated rings. The normalized spacial score (nSPS) is 21.2. The highest BCUT2D eigenvalue weighted by molar-refractivity contribution is 6.35. The smallest absolute Gasteiger partial charge is 0.217 e. The van der Waals surface area contributed by atoms with Gasteiger partial charge in [0.25, 0.3) is 0 Å². The van der Waals surface area contributed by atoms with Gasteiger partial charge in [-0.2, -0.15) is 0 Å². The summed E-state index contributed by atoms with van der Waals surface area (Å²) < 4.78 is 0. The number of nitrogens with two attached hydrogens (primary N) is 1. The second kappa shape index (κ2) is 7.45. The minimum Gasteiger partial charge on any atom is -0.387 e. The molecule has 0 aromatic heterocycles. The van der Waals surface area contributed by atoms with Crippen molar-refractivity contribution in [2.45, 2.75) is 25.4 Å². The largest absolute Gasteiger partial charge is 0.387 e. The molecular weight excluding hydrogens is 311 g/mol. The first-order chi connectivity index (χ1) is 9.95. The monoisotopic (exact) mass is 330 g/mol. The Morgan fingerprint density at radius 2 is 2.24 bits per heavy atom. The lowest BCUT2D eigenvalue weighted by Gasteiger charge is -2.33. The molecule has 2 unspecified atom stereocenters. The van der Waals surface area contributed by atoms with Crippen LogP contribution in [0.2, 0.25) is 10.0 Å². The summed E-state index contributed by atoms with van der Waals surface area (Å²) >= 11 is 12.0. The molecule has 1 saturated heterocycles. The van der Waals surface area contributed by atoms with Gasteiger partial charge in [-0.05, 0) is 37.4 Å². The van der Waals surface area contributed by atoms with Crippen molar-refractivity contribution in [1.29, 1.82) is 0 Å². The summed E-state index contributed by atoms with van der Waals surface area (Å²) in [6.07, 6.45) is 1.77. The number of aliphatic hydroxyl groups is 1. The molecule has 1 amide bonds. The topological polar surface area (TPSA) is 66.6 Å². The van der Waals surface area contributed by atoms with Crippen LogP contribution in [0, 0.1) is 5.92 Å². The molecular formula is C15H20Cl2N2O2. The van der Waals surface area contributed by atoms with E-state index in [4.69, 9.17) is 28.9 Å². The Morgan fingerprint density at radius 1 is 1.48 bits per heavy atom. The first-order valence-corrected chi connectivity index (χ1v) is 7.85. The van der Waals surface area contributed by atoms with E-state index in [-0.39, 0.29) is 11.8 Å². The molecule has 1 aromatic rings. The predicted octanol–water partition coefficient (Wildman–Crippen LogP) is 2.61. The fourth-order valence-corrected chi connectivity index (χ4v) is 3.42. The second-order valence-electron chi connectivity index (χ2n) is 5.62. The molecule has 116 valence electrons. The van der Waals surface area contributed by atoms with Crippen molar-refractivity contribution in [2.24, 2.45) is 11.7 Å². The van der Waals surface area contributed by atoms with Crippen LogP contribution in [0.3, 0.4) is 0 Å². The Labute approximate surface area is 134 Å². The van der Waals surface area contributed by atoms with Gasteiger partial charge in [0.05, 0.1) is 6.10 Å². The van der Waals surface area contributed by atoms with Gasteiger partial charge in [-0.15, -0.1) is 0 Å². The van der Waals surface area contributed by atoms with Crippen LogP contribution in [0.4, 0.5) is 0 Å². The van der Waals surface area contributed by atoms with Gasteiger partial charge in [0.15, 0.2) is 0 Å². The number of amides is 1. The molecule has 6 heteroatoms. The number of rotatable bonds is 5. The number of carbonyl (C=O) groups excluding carboxylic acids is 1. The molecule has 3 N–H and O–H groups in total. The van der Waals surface area contributed by atoms with Gasteiger partial charge in [-0.3, -0.25) is 4.79 Å². The highest BCUT2D eigenvalue weighted by Gasteiger charge is 2.24. The quantitative estimate of drug-likeness (QED) is 0.872. The molecule has 0 aliphatic carbocycles. The third-order valence-corrected chi connectivity index (χ3v) is 4.41. The number of halogens is 2. The Balaban J connectivity index is 1.95. The lowest BCUT2D eigenvalue weighted by molar-refractivity contribution is -0.119. The number of likely N-dealkylation sites (tertiary alicyclic amines) is 1. The highest BCUT2D eigenvalue weighted by Crippen LogP contribution is 2.28. The molecule has 4 nitrogen and oxygen atoms in total. The molecule has 2 rings (SSSR count). The molecule has 2 atom stereocenters. The number of hydrogen-bond donors (Lipinski definition) is 2. The van der Waals surface area contributed by atoms with Crippen molar-refractivity contribution >= 4 is 29.1 Å². The van der Waals surface area contributed by atoms with Crippen molar-refractivity contribution in [3.05, 3.63) is 33.8 Å². The Morgan fingerprint density at radius 3 is 2.90 bits per heavy atom. The van der Waals surface area contributed by atoms with Gasteiger partial charge in [-0.25, -0.2) is 0 Å². The number of β-amino-alcohol motifs (C(OH)–C–C–N with tert-alkyl or cyclic N) is 1. The summed E-state index contributed by atoms with van der Waals surface area (Å²) in [6, 6.07) is 5.10. The Kier molecular flexibility index (Phi) is 5.88. The van der Waals surface area contributed by atoms with Crippen LogP contribution in [-0.2, 0) is 4.79 Å². The number of primary amides is 1.